The van der Waals surface area contributed by atoms with E-state index in [1.807, 2.05) is 48.5 Å². The van der Waals surface area contributed by atoms with Gasteiger partial charge in [0.1, 0.15) is 12.4 Å². The highest BCUT2D eigenvalue weighted by molar-refractivity contribution is 9.10. The number of carbonyl (C=O) groups is 1. The molecule has 1 saturated carbocycles. The Bertz CT molecular complexity index is 1060. The van der Waals surface area contributed by atoms with E-state index in [9.17, 15) is 9.90 Å². The van der Waals surface area contributed by atoms with E-state index in [2.05, 4.69) is 26.8 Å². The van der Waals surface area contributed by atoms with Crippen LogP contribution in [0.25, 0.3) is 0 Å². The minimum absolute atomic E-state index is 0.0819. The Morgan fingerprint density at radius 3 is 2.58 bits per heavy atom. The van der Waals surface area contributed by atoms with Crippen LogP contribution in [0.3, 0.4) is 0 Å². The number of hydrogen-bond acceptors (Lipinski definition) is 7. The lowest BCUT2D eigenvalue weighted by atomic mass is 9.85. The molecule has 1 fully saturated rings. The minimum atomic E-state index is -1.17. The van der Waals surface area contributed by atoms with Crippen molar-refractivity contribution in [1.29, 1.82) is 0 Å². The van der Waals surface area contributed by atoms with E-state index >= 15 is 0 Å². The number of halogens is 1. The van der Waals surface area contributed by atoms with E-state index in [1.54, 1.807) is 0 Å². The number of hydrogen-bond donors (Lipinski definition) is 4. The van der Waals surface area contributed by atoms with E-state index in [0.29, 0.717) is 37.6 Å². The Morgan fingerprint density at radius 2 is 1.86 bits per heavy atom. The summed E-state index contributed by atoms with van der Waals surface area (Å²) in [5.74, 6) is 0.773. The van der Waals surface area contributed by atoms with Crippen LogP contribution in [0.4, 0.5) is 0 Å². The van der Waals surface area contributed by atoms with E-state index in [-0.39, 0.29) is 19.1 Å². The number of hydrazine groups is 1. The van der Waals surface area contributed by atoms with Crippen LogP contribution in [0.5, 0.6) is 5.75 Å². The predicted octanol–water partition coefficient (Wildman–Crippen LogP) is 3.28. The molecule has 0 radical (unpaired) electrons. The minimum Gasteiger partial charge on any atom is -0.494 e. The summed E-state index contributed by atoms with van der Waals surface area (Å²) < 4.78 is 12.5. The van der Waals surface area contributed by atoms with Crippen molar-refractivity contribution in [2.24, 2.45) is 4.99 Å². The second kappa shape index (κ2) is 12.2. The Morgan fingerprint density at radius 1 is 1.11 bits per heavy atom. The van der Waals surface area contributed by atoms with Gasteiger partial charge in [0.15, 0.2) is 5.54 Å². The van der Waals surface area contributed by atoms with Gasteiger partial charge in [0.05, 0.1) is 12.2 Å². The SMILES string of the molecule is O=C(NNCC1(O)CCCCC1)[C@]1(Cc2ccccc2Br)COC(c2ccc(OCCCO)cc2)=N1. The molecule has 0 bridgehead atoms. The standard InChI is InChI=1S/C27H34BrN3O5/c28-23-8-3-2-7-21(23)17-27(25(33)31-29-18-26(34)13-4-1-5-14-26)19-36-24(30-27)20-9-11-22(12-10-20)35-16-6-15-32/h2-3,7-12,29,32,34H,1,4-6,13-19H2,(H,31,33)/t27-/m0/s1. The van der Waals surface area contributed by atoms with Crippen molar-refractivity contribution in [2.45, 2.75) is 56.1 Å². The molecule has 4 rings (SSSR count). The molecule has 1 aliphatic heterocycles. The number of carbonyl (C=O) groups excluding carboxylic acids is 1. The van der Waals surface area contributed by atoms with Gasteiger partial charge in [0.2, 0.25) is 5.90 Å². The average Bonchev–Trinajstić information content (AvgIpc) is 3.32. The second-order valence-corrected chi connectivity index (χ2v) is 10.4. The molecule has 1 amide bonds. The maximum atomic E-state index is 13.5. The Hall–Kier alpha value is -2.46. The van der Waals surface area contributed by atoms with Crippen LogP contribution >= 0.6 is 15.9 Å². The zero-order chi connectivity index (χ0) is 25.4. The Kier molecular flexibility index (Phi) is 9.00. The lowest BCUT2D eigenvalue weighted by Crippen LogP contribution is -2.56. The van der Waals surface area contributed by atoms with E-state index in [1.165, 1.54) is 0 Å². The Balaban J connectivity index is 1.50. The number of benzene rings is 2. The molecule has 194 valence electrons. The summed E-state index contributed by atoms with van der Waals surface area (Å²) in [7, 11) is 0. The monoisotopic (exact) mass is 559 g/mol. The number of aliphatic hydroxyl groups excluding tert-OH is 1. The van der Waals surface area contributed by atoms with E-state index in [4.69, 9.17) is 19.6 Å². The van der Waals surface area contributed by atoms with Gasteiger partial charge in [-0.3, -0.25) is 10.2 Å². The maximum absolute atomic E-state index is 13.5. The third kappa shape index (κ3) is 6.64. The maximum Gasteiger partial charge on any atom is 0.266 e. The smallest absolute Gasteiger partial charge is 0.266 e. The van der Waals surface area contributed by atoms with Crippen molar-refractivity contribution in [2.75, 3.05) is 26.4 Å². The molecule has 0 aromatic heterocycles. The van der Waals surface area contributed by atoms with Crippen molar-refractivity contribution < 1.29 is 24.5 Å². The molecule has 36 heavy (non-hydrogen) atoms. The fourth-order valence-corrected chi connectivity index (χ4v) is 5.00. The quantitative estimate of drug-likeness (QED) is 0.248. The normalized spacial score (nSPS) is 20.9. The van der Waals surface area contributed by atoms with Crippen LogP contribution in [-0.2, 0) is 16.0 Å². The molecule has 2 aromatic carbocycles. The third-order valence-electron chi connectivity index (χ3n) is 6.70. The van der Waals surface area contributed by atoms with Crippen molar-refractivity contribution in [3.05, 3.63) is 64.1 Å². The van der Waals surface area contributed by atoms with Gasteiger partial charge in [-0.25, -0.2) is 10.4 Å². The first-order valence-corrected chi connectivity index (χ1v) is 13.3. The number of nitrogens with zero attached hydrogens (tertiary/aromatic N) is 1. The van der Waals surface area contributed by atoms with Crippen LogP contribution in [0.1, 0.15) is 49.7 Å². The molecule has 8 nitrogen and oxygen atoms in total. The summed E-state index contributed by atoms with van der Waals surface area (Å²) in [4.78, 5) is 18.3. The van der Waals surface area contributed by atoms with Crippen molar-refractivity contribution in [3.8, 4) is 5.75 Å². The number of rotatable bonds is 11. The number of amides is 1. The summed E-state index contributed by atoms with van der Waals surface area (Å²) in [6.07, 6.45) is 5.48. The summed E-state index contributed by atoms with van der Waals surface area (Å²) in [6, 6.07) is 15.1. The van der Waals surface area contributed by atoms with Gasteiger partial charge in [-0.05, 0) is 48.7 Å². The summed E-state index contributed by atoms with van der Waals surface area (Å²) in [5, 5.41) is 19.7. The predicted molar refractivity (Wildman–Crippen MR) is 141 cm³/mol. The van der Waals surface area contributed by atoms with Crippen LogP contribution in [0.2, 0.25) is 0 Å². The van der Waals surface area contributed by atoms with Crippen molar-refractivity contribution >= 4 is 27.7 Å². The molecule has 1 heterocycles. The Labute approximate surface area is 220 Å². The first-order chi connectivity index (χ1) is 17.4. The molecule has 1 aliphatic carbocycles. The van der Waals surface area contributed by atoms with Crippen molar-refractivity contribution in [1.82, 2.24) is 10.9 Å². The van der Waals surface area contributed by atoms with Crippen molar-refractivity contribution in [3.63, 3.8) is 0 Å². The van der Waals surface area contributed by atoms with Gasteiger partial charge in [-0.2, -0.15) is 0 Å². The van der Waals surface area contributed by atoms with Gasteiger partial charge >= 0.3 is 0 Å². The molecule has 2 aliphatic rings. The fraction of sp³-hybridized carbons (Fsp3) is 0.481. The topological polar surface area (TPSA) is 112 Å². The zero-order valence-corrected chi connectivity index (χ0v) is 21.9. The van der Waals surface area contributed by atoms with Crippen LogP contribution in [-0.4, -0.2) is 59.5 Å². The van der Waals surface area contributed by atoms with Crippen LogP contribution in [0.15, 0.2) is 58.0 Å². The number of nitrogens with one attached hydrogen (secondary N) is 2. The molecule has 9 heteroatoms. The largest absolute Gasteiger partial charge is 0.494 e. The van der Waals surface area contributed by atoms with E-state index < -0.39 is 11.1 Å². The molecule has 2 aromatic rings. The average molecular weight is 560 g/mol. The number of aliphatic imine (C=N–C) groups is 1. The summed E-state index contributed by atoms with van der Waals surface area (Å²) in [5.41, 5.74) is 5.48. The zero-order valence-electron chi connectivity index (χ0n) is 20.3. The highest BCUT2D eigenvalue weighted by Crippen LogP contribution is 2.31. The lowest BCUT2D eigenvalue weighted by molar-refractivity contribution is -0.128. The summed E-state index contributed by atoms with van der Waals surface area (Å²) in [6.45, 7) is 0.901. The van der Waals surface area contributed by atoms with Gasteiger partial charge in [-0.1, -0.05) is 53.4 Å². The number of aliphatic hydroxyl groups is 2. The van der Waals surface area contributed by atoms with Gasteiger partial charge in [-0.15, -0.1) is 0 Å². The molecular weight excluding hydrogens is 526 g/mol. The number of ether oxygens (including phenoxy) is 2. The highest BCUT2D eigenvalue weighted by Gasteiger charge is 2.45. The van der Waals surface area contributed by atoms with E-state index in [0.717, 1.165) is 47.7 Å². The fourth-order valence-electron chi connectivity index (χ4n) is 4.58. The highest BCUT2D eigenvalue weighted by atomic mass is 79.9. The van der Waals surface area contributed by atoms with Gasteiger partial charge in [0.25, 0.3) is 5.91 Å². The molecule has 1 atom stereocenters. The molecular formula is C27H34BrN3O5. The van der Waals surface area contributed by atoms with Crippen LogP contribution < -0.4 is 15.6 Å². The second-order valence-electron chi connectivity index (χ2n) is 9.55. The third-order valence-corrected chi connectivity index (χ3v) is 7.48. The molecule has 4 N–H and O–H groups in total. The summed E-state index contributed by atoms with van der Waals surface area (Å²) >= 11 is 3.58. The molecule has 0 saturated heterocycles. The molecule has 0 spiro atoms. The van der Waals surface area contributed by atoms with Gasteiger partial charge < -0.3 is 19.7 Å². The first kappa shape index (κ1) is 26.6. The van der Waals surface area contributed by atoms with Crippen LogP contribution in [0, 0.1) is 0 Å². The lowest BCUT2D eigenvalue weighted by Gasteiger charge is -2.32. The molecule has 0 unspecified atom stereocenters. The first-order valence-electron chi connectivity index (χ1n) is 12.5. The van der Waals surface area contributed by atoms with Gasteiger partial charge in [0, 0.05) is 36.0 Å².